The standard InChI is InChI=1S/C18H13Cl2NO3/c1-24-12-5-2-10(3-6-12)17-14(9-16(21-17)18(22)23)13-7-4-11(19)8-15(13)20/h2-9,21H,1H3,(H,22,23). The van der Waals surface area contributed by atoms with Gasteiger partial charge in [0.15, 0.2) is 0 Å². The molecule has 0 aliphatic rings. The molecule has 0 aliphatic carbocycles. The number of carboxylic acid groups (broad SMARTS) is 1. The number of carbonyl (C=O) groups is 1. The number of carboxylic acids is 1. The van der Waals surface area contributed by atoms with Crippen LogP contribution in [0, 0.1) is 0 Å². The smallest absolute Gasteiger partial charge is 0.352 e. The molecule has 0 bridgehead atoms. The number of hydrogen-bond donors (Lipinski definition) is 2. The Kier molecular flexibility index (Phi) is 4.51. The number of aromatic nitrogens is 1. The van der Waals surface area contributed by atoms with Crippen molar-refractivity contribution in [3.05, 3.63) is 64.3 Å². The van der Waals surface area contributed by atoms with Gasteiger partial charge < -0.3 is 14.8 Å². The van der Waals surface area contributed by atoms with Gasteiger partial charge in [-0.2, -0.15) is 0 Å². The van der Waals surface area contributed by atoms with Gasteiger partial charge in [0.05, 0.1) is 12.8 Å². The fraction of sp³-hybridized carbons (Fsp3) is 0.0556. The molecule has 0 unspecified atom stereocenters. The molecule has 1 heterocycles. The van der Waals surface area contributed by atoms with Gasteiger partial charge >= 0.3 is 5.97 Å². The van der Waals surface area contributed by atoms with E-state index >= 15 is 0 Å². The summed E-state index contributed by atoms with van der Waals surface area (Å²) in [6, 6.07) is 14.0. The predicted molar refractivity (Wildman–Crippen MR) is 95.2 cm³/mol. The van der Waals surface area contributed by atoms with Crippen molar-refractivity contribution in [3.8, 4) is 28.1 Å². The Bertz CT molecular complexity index is 901. The van der Waals surface area contributed by atoms with Gasteiger partial charge in [-0.15, -0.1) is 0 Å². The highest BCUT2D eigenvalue weighted by Gasteiger charge is 2.17. The maximum atomic E-state index is 11.4. The molecule has 0 spiro atoms. The van der Waals surface area contributed by atoms with E-state index in [9.17, 15) is 9.90 Å². The van der Waals surface area contributed by atoms with E-state index in [-0.39, 0.29) is 5.69 Å². The lowest BCUT2D eigenvalue weighted by Gasteiger charge is -2.08. The first-order valence-corrected chi connectivity index (χ1v) is 7.81. The van der Waals surface area contributed by atoms with Crippen LogP contribution in [0.3, 0.4) is 0 Å². The van der Waals surface area contributed by atoms with Gasteiger partial charge in [-0.25, -0.2) is 4.79 Å². The maximum Gasteiger partial charge on any atom is 0.352 e. The molecule has 0 atom stereocenters. The molecule has 122 valence electrons. The number of hydrogen-bond acceptors (Lipinski definition) is 2. The molecule has 3 rings (SSSR count). The summed E-state index contributed by atoms with van der Waals surface area (Å²) >= 11 is 12.2. The Balaban J connectivity index is 2.18. The van der Waals surface area contributed by atoms with Gasteiger partial charge in [-0.3, -0.25) is 0 Å². The Morgan fingerprint density at radius 2 is 1.75 bits per heavy atom. The van der Waals surface area contributed by atoms with Crippen molar-refractivity contribution in [3.63, 3.8) is 0 Å². The van der Waals surface area contributed by atoms with E-state index < -0.39 is 5.97 Å². The van der Waals surface area contributed by atoms with Crippen molar-refractivity contribution in [2.45, 2.75) is 0 Å². The van der Waals surface area contributed by atoms with Gasteiger partial charge in [0.1, 0.15) is 11.4 Å². The largest absolute Gasteiger partial charge is 0.497 e. The molecule has 6 heteroatoms. The summed E-state index contributed by atoms with van der Waals surface area (Å²) in [7, 11) is 1.59. The topological polar surface area (TPSA) is 62.3 Å². The van der Waals surface area contributed by atoms with Gasteiger partial charge in [0, 0.05) is 21.2 Å². The SMILES string of the molecule is COc1ccc(-c2[nH]c(C(=O)O)cc2-c2ccc(Cl)cc2Cl)cc1. The molecular weight excluding hydrogens is 349 g/mol. The van der Waals surface area contributed by atoms with Crippen molar-refractivity contribution in [2.24, 2.45) is 0 Å². The number of halogens is 2. The number of H-pyrrole nitrogens is 1. The van der Waals surface area contributed by atoms with Gasteiger partial charge in [0.2, 0.25) is 0 Å². The number of aromatic carboxylic acids is 1. The predicted octanol–water partition coefficient (Wildman–Crippen LogP) is 5.36. The number of ether oxygens (including phenoxy) is 1. The average molecular weight is 362 g/mol. The minimum Gasteiger partial charge on any atom is -0.497 e. The summed E-state index contributed by atoms with van der Waals surface area (Å²) in [5, 5.41) is 10.3. The van der Waals surface area contributed by atoms with Crippen molar-refractivity contribution in [2.75, 3.05) is 7.11 Å². The third-order valence-corrected chi connectivity index (χ3v) is 4.20. The molecule has 3 aromatic rings. The summed E-state index contributed by atoms with van der Waals surface area (Å²) < 4.78 is 5.16. The molecule has 0 saturated carbocycles. The molecule has 0 aliphatic heterocycles. The highest BCUT2D eigenvalue weighted by molar-refractivity contribution is 6.36. The van der Waals surface area contributed by atoms with Crippen LogP contribution >= 0.6 is 23.2 Å². The highest BCUT2D eigenvalue weighted by Crippen LogP contribution is 2.38. The molecule has 4 nitrogen and oxygen atoms in total. The zero-order valence-electron chi connectivity index (χ0n) is 12.6. The average Bonchev–Trinajstić information content (AvgIpc) is 3.00. The molecule has 0 saturated heterocycles. The van der Waals surface area contributed by atoms with Gasteiger partial charge in [-0.1, -0.05) is 29.3 Å². The van der Waals surface area contributed by atoms with E-state index in [1.54, 1.807) is 31.4 Å². The van der Waals surface area contributed by atoms with Crippen molar-refractivity contribution in [1.29, 1.82) is 0 Å². The second kappa shape index (κ2) is 6.59. The van der Waals surface area contributed by atoms with Crippen LogP contribution in [0.5, 0.6) is 5.75 Å². The van der Waals surface area contributed by atoms with Crippen molar-refractivity contribution in [1.82, 2.24) is 4.98 Å². The monoisotopic (exact) mass is 361 g/mol. The van der Waals surface area contributed by atoms with E-state index in [0.29, 0.717) is 26.9 Å². The summed E-state index contributed by atoms with van der Waals surface area (Å²) in [5.74, 6) is -0.323. The van der Waals surface area contributed by atoms with E-state index in [1.165, 1.54) is 0 Å². The zero-order valence-corrected chi connectivity index (χ0v) is 14.2. The van der Waals surface area contributed by atoms with Crippen molar-refractivity contribution >= 4 is 29.2 Å². The zero-order chi connectivity index (χ0) is 17.3. The first-order chi connectivity index (χ1) is 11.5. The maximum absolute atomic E-state index is 11.4. The van der Waals surface area contributed by atoms with Crippen LogP contribution in [0.4, 0.5) is 0 Å². The normalized spacial score (nSPS) is 10.6. The first kappa shape index (κ1) is 16.4. The summed E-state index contributed by atoms with van der Waals surface area (Å²) in [5.41, 5.74) is 2.97. The molecule has 24 heavy (non-hydrogen) atoms. The lowest BCUT2D eigenvalue weighted by Crippen LogP contribution is -1.95. The Morgan fingerprint density at radius 1 is 1.04 bits per heavy atom. The Hall–Kier alpha value is -2.43. The van der Waals surface area contributed by atoms with Crippen LogP contribution in [-0.4, -0.2) is 23.2 Å². The number of methoxy groups -OCH3 is 1. The minimum absolute atomic E-state index is 0.0850. The molecule has 1 aromatic heterocycles. The number of rotatable bonds is 4. The molecule has 0 amide bonds. The van der Waals surface area contributed by atoms with Crippen LogP contribution in [0.2, 0.25) is 10.0 Å². The third-order valence-electron chi connectivity index (χ3n) is 3.65. The quantitative estimate of drug-likeness (QED) is 0.657. The Labute approximate surface area is 148 Å². The molecular formula is C18H13Cl2NO3. The van der Waals surface area contributed by atoms with Crippen LogP contribution in [0.15, 0.2) is 48.5 Å². The summed E-state index contributed by atoms with van der Waals surface area (Å²) in [6.45, 7) is 0. The van der Waals surface area contributed by atoms with E-state index in [1.807, 2.05) is 24.3 Å². The number of aromatic amines is 1. The van der Waals surface area contributed by atoms with E-state index in [2.05, 4.69) is 4.98 Å². The second-order valence-electron chi connectivity index (χ2n) is 5.13. The fourth-order valence-electron chi connectivity index (χ4n) is 2.48. The van der Waals surface area contributed by atoms with Crippen LogP contribution in [0.1, 0.15) is 10.5 Å². The van der Waals surface area contributed by atoms with Crippen molar-refractivity contribution < 1.29 is 14.6 Å². The minimum atomic E-state index is -1.04. The lowest BCUT2D eigenvalue weighted by atomic mass is 10.0. The lowest BCUT2D eigenvalue weighted by molar-refractivity contribution is 0.0691. The van der Waals surface area contributed by atoms with Crippen LogP contribution in [0.25, 0.3) is 22.4 Å². The Morgan fingerprint density at radius 3 is 2.33 bits per heavy atom. The number of nitrogens with one attached hydrogen (secondary N) is 1. The molecule has 0 radical (unpaired) electrons. The fourth-order valence-corrected chi connectivity index (χ4v) is 2.99. The first-order valence-electron chi connectivity index (χ1n) is 7.05. The van der Waals surface area contributed by atoms with Gasteiger partial charge in [0.25, 0.3) is 0 Å². The third kappa shape index (κ3) is 3.11. The number of benzene rings is 2. The highest BCUT2D eigenvalue weighted by atomic mass is 35.5. The molecule has 0 fully saturated rings. The molecule has 2 N–H and O–H groups in total. The van der Waals surface area contributed by atoms with E-state index in [0.717, 1.165) is 11.3 Å². The summed E-state index contributed by atoms with van der Waals surface area (Å²) in [6.07, 6.45) is 0. The van der Waals surface area contributed by atoms with Crippen LogP contribution < -0.4 is 4.74 Å². The molecule has 2 aromatic carbocycles. The van der Waals surface area contributed by atoms with Crippen LogP contribution in [-0.2, 0) is 0 Å². The second-order valence-corrected chi connectivity index (χ2v) is 5.97. The van der Waals surface area contributed by atoms with Gasteiger partial charge in [-0.05, 0) is 48.0 Å². The van der Waals surface area contributed by atoms with E-state index in [4.69, 9.17) is 27.9 Å². The summed E-state index contributed by atoms with van der Waals surface area (Å²) in [4.78, 5) is 14.3.